The van der Waals surface area contributed by atoms with Crippen molar-refractivity contribution < 1.29 is 19.3 Å². The maximum absolute atomic E-state index is 13.5. The summed E-state index contributed by atoms with van der Waals surface area (Å²) >= 11 is 0. The van der Waals surface area contributed by atoms with Crippen LogP contribution in [0, 0.1) is 0 Å². The van der Waals surface area contributed by atoms with Crippen LogP contribution in [-0.2, 0) is 9.09 Å². The zero-order chi connectivity index (χ0) is 16.0. The van der Waals surface area contributed by atoms with Crippen molar-refractivity contribution in [2.75, 3.05) is 39.5 Å². The van der Waals surface area contributed by atoms with Gasteiger partial charge in [-0.25, -0.2) is 9.34 Å². The molecule has 0 spiro atoms. The number of aliphatic hydroxyl groups excluding tert-OH is 2. The van der Waals surface area contributed by atoms with Crippen LogP contribution in [0.1, 0.15) is 24.9 Å². The maximum Gasteiger partial charge on any atom is 0.346 e. The lowest BCUT2D eigenvalue weighted by atomic mass is 10.1. The predicted octanol–water partition coefficient (Wildman–Crippen LogP) is 1.86. The number of rotatable bonds is 7. The second-order valence-corrected chi connectivity index (χ2v) is 7.65. The summed E-state index contributed by atoms with van der Waals surface area (Å²) in [7, 11) is -3.24. The van der Waals surface area contributed by atoms with Crippen LogP contribution in [0.3, 0.4) is 0 Å². The van der Waals surface area contributed by atoms with E-state index in [0.29, 0.717) is 13.2 Å². The Bertz CT molecular complexity index is 494. The van der Waals surface area contributed by atoms with Gasteiger partial charge >= 0.3 is 7.67 Å². The molecule has 1 aliphatic heterocycles. The molecule has 1 aromatic carbocycles. The molecule has 0 saturated carbocycles. The molecule has 2 rings (SSSR count). The minimum atomic E-state index is -3.24. The van der Waals surface area contributed by atoms with E-state index in [4.69, 9.17) is 4.52 Å². The Labute approximate surface area is 131 Å². The van der Waals surface area contributed by atoms with Crippen molar-refractivity contribution >= 4 is 7.67 Å². The molecular weight excluding hydrogens is 303 g/mol. The lowest BCUT2D eigenvalue weighted by molar-refractivity contribution is 0.126. The summed E-state index contributed by atoms with van der Waals surface area (Å²) in [4.78, 5) is 0. The van der Waals surface area contributed by atoms with Crippen LogP contribution in [0.2, 0.25) is 0 Å². The van der Waals surface area contributed by atoms with Gasteiger partial charge in [0.05, 0.1) is 19.8 Å². The molecule has 1 saturated heterocycles. The van der Waals surface area contributed by atoms with Crippen molar-refractivity contribution in [1.82, 2.24) is 9.34 Å². The van der Waals surface area contributed by atoms with Crippen molar-refractivity contribution in [3.05, 3.63) is 35.9 Å². The van der Waals surface area contributed by atoms with Gasteiger partial charge in [-0.15, -0.1) is 0 Å². The van der Waals surface area contributed by atoms with Gasteiger partial charge in [-0.05, 0) is 18.9 Å². The molecule has 1 fully saturated rings. The van der Waals surface area contributed by atoms with Crippen molar-refractivity contribution in [2.45, 2.75) is 19.4 Å². The van der Waals surface area contributed by atoms with Crippen LogP contribution < -0.4 is 0 Å². The Morgan fingerprint density at radius 3 is 2.50 bits per heavy atom. The number of nitrogens with zero attached hydrogens (tertiary/aromatic N) is 2. The van der Waals surface area contributed by atoms with Crippen molar-refractivity contribution in [1.29, 1.82) is 0 Å². The molecule has 22 heavy (non-hydrogen) atoms. The summed E-state index contributed by atoms with van der Waals surface area (Å²) in [5, 5.41) is 18.5. The third-order valence-corrected chi connectivity index (χ3v) is 6.75. The monoisotopic (exact) mass is 328 g/mol. The molecule has 0 radical (unpaired) electrons. The van der Waals surface area contributed by atoms with Gasteiger partial charge in [0.1, 0.15) is 0 Å². The second-order valence-electron chi connectivity index (χ2n) is 5.33. The fraction of sp³-hybridized carbons (Fsp3) is 0.600. The summed E-state index contributed by atoms with van der Waals surface area (Å²) in [5.41, 5.74) is 1.07. The molecule has 0 bridgehead atoms. The summed E-state index contributed by atoms with van der Waals surface area (Å²) in [6.45, 7) is 3.30. The summed E-state index contributed by atoms with van der Waals surface area (Å²) in [6, 6.07) is 9.82. The zero-order valence-electron chi connectivity index (χ0n) is 13.0. The van der Waals surface area contributed by atoms with Gasteiger partial charge in [0.2, 0.25) is 0 Å². The molecule has 1 aromatic rings. The quantitative estimate of drug-likeness (QED) is 0.745. The van der Waals surface area contributed by atoms with E-state index in [0.717, 1.165) is 12.0 Å². The smallest absolute Gasteiger partial charge is 0.346 e. The molecule has 2 N–H and O–H groups in total. The largest absolute Gasteiger partial charge is 0.395 e. The van der Waals surface area contributed by atoms with Crippen molar-refractivity contribution in [2.24, 2.45) is 0 Å². The Kier molecular flexibility index (Phi) is 6.56. The van der Waals surface area contributed by atoms with Gasteiger partial charge in [0.15, 0.2) is 0 Å². The first-order valence-corrected chi connectivity index (χ1v) is 9.20. The highest BCUT2D eigenvalue weighted by Crippen LogP contribution is 2.59. The molecule has 0 aliphatic carbocycles. The van der Waals surface area contributed by atoms with Crippen LogP contribution in [0.25, 0.3) is 0 Å². The van der Waals surface area contributed by atoms with Gasteiger partial charge in [0, 0.05) is 25.7 Å². The van der Waals surface area contributed by atoms with Crippen molar-refractivity contribution in [3.8, 4) is 0 Å². The number of aliphatic hydroxyl groups is 2. The number of hydrogen-bond acceptors (Lipinski definition) is 4. The summed E-state index contributed by atoms with van der Waals surface area (Å²) < 4.78 is 22.6. The van der Waals surface area contributed by atoms with E-state index in [9.17, 15) is 14.8 Å². The molecule has 2 atom stereocenters. The Morgan fingerprint density at radius 1 is 1.27 bits per heavy atom. The lowest BCUT2D eigenvalue weighted by Crippen LogP contribution is -2.40. The van der Waals surface area contributed by atoms with Gasteiger partial charge in [-0.1, -0.05) is 30.3 Å². The highest BCUT2D eigenvalue weighted by molar-refractivity contribution is 7.54. The first-order valence-electron chi connectivity index (χ1n) is 7.67. The van der Waals surface area contributed by atoms with E-state index in [1.54, 1.807) is 4.67 Å². The molecule has 0 aromatic heterocycles. The summed E-state index contributed by atoms with van der Waals surface area (Å²) in [5.74, 6) is 0. The van der Waals surface area contributed by atoms with Crippen LogP contribution in [0.4, 0.5) is 0 Å². The summed E-state index contributed by atoms with van der Waals surface area (Å²) in [6.07, 6.45) is 0.813. The average Bonchev–Trinajstić information content (AvgIpc) is 2.55. The number of benzene rings is 1. The second kappa shape index (κ2) is 8.20. The van der Waals surface area contributed by atoms with Crippen LogP contribution in [-0.4, -0.2) is 59.0 Å². The molecule has 124 valence electrons. The molecule has 1 heterocycles. The molecule has 6 nitrogen and oxygen atoms in total. The standard InChI is InChI=1S/C15H25N2O4P/c1-14(15-6-3-2-4-7-15)17-8-5-13-21-22(17,20)16(9-11-18)10-12-19/h2-4,6-7,14,18-19H,5,8-13H2,1H3. The molecular formula is C15H25N2O4P. The topological polar surface area (TPSA) is 73.2 Å². The van der Waals surface area contributed by atoms with Crippen LogP contribution in [0.15, 0.2) is 30.3 Å². The molecule has 2 unspecified atom stereocenters. The van der Waals surface area contributed by atoms with Gasteiger partial charge in [-0.2, -0.15) is 0 Å². The SMILES string of the molecule is CC(c1ccccc1)N1CCCOP1(=O)N(CCO)CCO. The third-order valence-electron chi connectivity index (χ3n) is 3.92. The number of hydrogen-bond donors (Lipinski definition) is 2. The Morgan fingerprint density at radius 2 is 1.91 bits per heavy atom. The predicted molar refractivity (Wildman–Crippen MR) is 85.5 cm³/mol. The zero-order valence-corrected chi connectivity index (χ0v) is 13.9. The van der Waals surface area contributed by atoms with E-state index in [1.165, 1.54) is 0 Å². The van der Waals surface area contributed by atoms with Gasteiger partial charge in [0.25, 0.3) is 0 Å². The minimum absolute atomic E-state index is 0.0628. The average molecular weight is 328 g/mol. The fourth-order valence-electron chi connectivity index (χ4n) is 2.77. The molecule has 1 aliphatic rings. The lowest BCUT2D eigenvalue weighted by Gasteiger charge is -2.43. The van der Waals surface area contributed by atoms with Crippen LogP contribution >= 0.6 is 7.67 Å². The van der Waals surface area contributed by atoms with Crippen LogP contribution in [0.5, 0.6) is 0 Å². The normalized spacial score (nSPS) is 24.5. The van der Waals surface area contributed by atoms with E-state index in [2.05, 4.69) is 0 Å². The Balaban J connectivity index is 2.28. The van der Waals surface area contributed by atoms with E-state index >= 15 is 0 Å². The first-order chi connectivity index (χ1) is 10.6. The van der Waals surface area contributed by atoms with Gasteiger partial charge < -0.3 is 14.7 Å². The molecule has 7 heteroatoms. The highest BCUT2D eigenvalue weighted by atomic mass is 31.2. The van der Waals surface area contributed by atoms with E-state index in [1.807, 2.05) is 41.9 Å². The van der Waals surface area contributed by atoms with E-state index in [-0.39, 0.29) is 32.3 Å². The molecule has 0 amide bonds. The van der Waals surface area contributed by atoms with Gasteiger partial charge in [-0.3, -0.25) is 4.57 Å². The van der Waals surface area contributed by atoms with Crippen molar-refractivity contribution in [3.63, 3.8) is 0 Å². The third kappa shape index (κ3) is 3.77. The Hall–Kier alpha value is -0.750. The first kappa shape index (κ1) is 17.6. The maximum atomic E-state index is 13.5. The van der Waals surface area contributed by atoms with E-state index < -0.39 is 7.67 Å². The minimum Gasteiger partial charge on any atom is -0.395 e. The fourth-order valence-corrected chi connectivity index (χ4v) is 5.42. The highest BCUT2D eigenvalue weighted by Gasteiger charge is 2.43.